The van der Waals surface area contributed by atoms with Gasteiger partial charge in [-0.05, 0) is 44.4 Å². The molecule has 5 nitrogen and oxygen atoms in total. The number of carbonyl (C=O) groups is 2. The molecule has 1 aromatic rings. The van der Waals surface area contributed by atoms with Crippen LogP contribution in [0.3, 0.4) is 0 Å². The van der Waals surface area contributed by atoms with E-state index in [0.29, 0.717) is 25.6 Å². The number of nitrogens with zero attached hydrogens (tertiary/aromatic N) is 1. The average molecular weight is 402 g/mol. The van der Waals surface area contributed by atoms with Crippen LogP contribution in [0.25, 0.3) is 0 Å². The van der Waals surface area contributed by atoms with E-state index in [9.17, 15) is 18.4 Å². The molecule has 1 heterocycles. The normalized spacial score (nSPS) is 24.1. The third-order valence-corrected chi connectivity index (χ3v) is 5.46. The van der Waals surface area contributed by atoms with E-state index in [1.54, 1.807) is 11.9 Å². The van der Waals surface area contributed by atoms with Gasteiger partial charge in [0.2, 0.25) is 5.91 Å². The molecular weight excluding hydrogens is 376 g/mol. The van der Waals surface area contributed by atoms with Gasteiger partial charge in [0.25, 0.3) is 5.91 Å². The van der Waals surface area contributed by atoms with Crippen molar-refractivity contribution in [1.82, 2.24) is 15.5 Å². The smallest absolute Gasteiger partial charge is 0.257 e. The van der Waals surface area contributed by atoms with Crippen molar-refractivity contribution >= 4 is 24.2 Å². The Hall–Kier alpha value is -1.73. The average Bonchev–Trinajstić information content (AvgIpc) is 3.01. The predicted octanol–water partition coefficient (Wildman–Crippen LogP) is 2.50. The number of hydrogen-bond donors (Lipinski definition) is 2. The molecule has 2 N–H and O–H groups in total. The lowest BCUT2D eigenvalue weighted by Crippen LogP contribution is -2.50. The molecule has 1 aliphatic heterocycles. The molecule has 0 bridgehead atoms. The quantitative estimate of drug-likeness (QED) is 0.745. The fourth-order valence-electron chi connectivity index (χ4n) is 4.22. The van der Waals surface area contributed by atoms with E-state index in [-0.39, 0.29) is 35.8 Å². The second-order valence-electron chi connectivity index (χ2n) is 7.09. The minimum Gasteiger partial charge on any atom is -0.353 e. The molecule has 3 rings (SSSR count). The number of likely N-dealkylation sites (N-methyl/N-ethyl adjacent to an activating group) is 1. The summed E-state index contributed by atoms with van der Waals surface area (Å²) in [5.41, 5.74) is -0.175. The summed E-state index contributed by atoms with van der Waals surface area (Å²) >= 11 is 0. The number of hydrogen-bond acceptors (Lipinski definition) is 3. The highest BCUT2D eigenvalue weighted by Crippen LogP contribution is 2.40. The second kappa shape index (κ2) is 9.46. The highest BCUT2D eigenvalue weighted by atomic mass is 35.5. The van der Waals surface area contributed by atoms with Gasteiger partial charge in [-0.3, -0.25) is 9.59 Å². The molecule has 3 atom stereocenters. The Morgan fingerprint density at radius 3 is 2.63 bits per heavy atom. The first-order chi connectivity index (χ1) is 12.5. The number of halogens is 3. The van der Waals surface area contributed by atoms with Crippen LogP contribution in [0, 0.1) is 17.6 Å². The number of fused-ring (bicyclic) bond motifs is 1. The summed E-state index contributed by atoms with van der Waals surface area (Å²) in [4.78, 5) is 27.3. The Labute approximate surface area is 164 Å². The first-order valence-corrected chi connectivity index (χ1v) is 9.23. The summed E-state index contributed by atoms with van der Waals surface area (Å²) in [6.45, 7) is 1.10. The molecule has 0 aromatic heterocycles. The summed E-state index contributed by atoms with van der Waals surface area (Å²) in [7, 11) is 1.80. The molecular formula is C19H26ClF2N3O2. The van der Waals surface area contributed by atoms with Crippen LogP contribution in [-0.4, -0.2) is 48.9 Å². The zero-order valence-corrected chi connectivity index (χ0v) is 16.2. The van der Waals surface area contributed by atoms with Crippen molar-refractivity contribution in [1.29, 1.82) is 0 Å². The second-order valence-corrected chi connectivity index (χ2v) is 7.09. The van der Waals surface area contributed by atoms with Crippen molar-refractivity contribution in [2.45, 2.75) is 44.2 Å². The standard InChI is InChI=1S/C19H25F2N3O2.ClH/c1-22-8-9-23-18(25)17-10-12-4-2-3-5-16(12)24(17)19(26)14-7-6-13(20)11-15(14)21;/h6-7,11-12,16-17,22H,2-5,8-10H2,1H3,(H,23,25);1H. The molecule has 1 saturated heterocycles. The summed E-state index contributed by atoms with van der Waals surface area (Å²) in [6.07, 6.45) is 4.47. The largest absolute Gasteiger partial charge is 0.353 e. The van der Waals surface area contributed by atoms with Crippen LogP contribution in [0.15, 0.2) is 18.2 Å². The van der Waals surface area contributed by atoms with Gasteiger partial charge < -0.3 is 15.5 Å². The Kier molecular flexibility index (Phi) is 7.56. The van der Waals surface area contributed by atoms with E-state index in [0.717, 1.165) is 31.7 Å². The number of benzene rings is 1. The first-order valence-electron chi connectivity index (χ1n) is 9.23. The van der Waals surface area contributed by atoms with Gasteiger partial charge in [-0.25, -0.2) is 8.78 Å². The van der Waals surface area contributed by atoms with Crippen molar-refractivity contribution in [3.05, 3.63) is 35.4 Å². The number of amides is 2. The van der Waals surface area contributed by atoms with Gasteiger partial charge in [-0.15, -0.1) is 12.4 Å². The van der Waals surface area contributed by atoms with E-state index in [2.05, 4.69) is 10.6 Å². The molecule has 2 fully saturated rings. The van der Waals surface area contributed by atoms with E-state index in [1.165, 1.54) is 6.07 Å². The molecule has 150 valence electrons. The van der Waals surface area contributed by atoms with Crippen LogP contribution in [0.4, 0.5) is 8.78 Å². The number of rotatable bonds is 5. The fraction of sp³-hybridized carbons (Fsp3) is 0.579. The van der Waals surface area contributed by atoms with Gasteiger partial charge in [0.15, 0.2) is 0 Å². The monoisotopic (exact) mass is 401 g/mol. The predicted molar refractivity (Wildman–Crippen MR) is 101 cm³/mol. The molecule has 2 amide bonds. The van der Waals surface area contributed by atoms with Gasteiger partial charge in [0, 0.05) is 25.2 Å². The molecule has 1 aliphatic carbocycles. The maximum atomic E-state index is 14.2. The van der Waals surface area contributed by atoms with Gasteiger partial charge >= 0.3 is 0 Å². The van der Waals surface area contributed by atoms with Crippen molar-refractivity contribution in [2.24, 2.45) is 5.92 Å². The molecule has 2 aliphatic rings. The summed E-state index contributed by atoms with van der Waals surface area (Å²) in [5, 5.41) is 5.80. The molecule has 0 spiro atoms. The third kappa shape index (κ3) is 4.58. The van der Waals surface area contributed by atoms with Gasteiger partial charge in [-0.2, -0.15) is 0 Å². The molecule has 1 aromatic carbocycles. The lowest BCUT2D eigenvalue weighted by Gasteiger charge is -2.33. The molecule has 27 heavy (non-hydrogen) atoms. The van der Waals surface area contributed by atoms with Crippen molar-refractivity contribution < 1.29 is 18.4 Å². The zero-order chi connectivity index (χ0) is 18.7. The zero-order valence-electron chi connectivity index (χ0n) is 15.3. The van der Waals surface area contributed by atoms with Crippen molar-refractivity contribution in [3.63, 3.8) is 0 Å². The summed E-state index contributed by atoms with van der Waals surface area (Å²) in [6, 6.07) is 2.30. The third-order valence-electron chi connectivity index (χ3n) is 5.46. The Bertz CT molecular complexity index is 689. The maximum Gasteiger partial charge on any atom is 0.257 e. The molecule has 3 unspecified atom stereocenters. The number of likely N-dealkylation sites (tertiary alicyclic amines) is 1. The lowest BCUT2D eigenvalue weighted by molar-refractivity contribution is -0.125. The number of carbonyl (C=O) groups excluding carboxylic acids is 2. The van der Waals surface area contributed by atoms with Crippen LogP contribution in [-0.2, 0) is 4.79 Å². The van der Waals surface area contributed by atoms with Gasteiger partial charge in [0.05, 0.1) is 5.56 Å². The fourth-order valence-corrected chi connectivity index (χ4v) is 4.22. The summed E-state index contributed by atoms with van der Waals surface area (Å²) < 4.78 is 27.4. The Balaban J connectivity index is 0.00000261. The maximum absolute atomic E-state index is 14.2. The summed E-state index contributed by atoms with van der Waals surface area (Å²) in [5.74, 6) is -2.08. The topological polar surface area (TPSA) is 61.4 Å². The highest BCUT2D eigenvalue weighted by Gasteiger charge is 2.47. The minimum absolute atomic E-state index is 0. The van der Waals surface area contributed by atoms with Crippen molar-refractivity contribution in [2.75, 3.05) is 20.1 Å². The lowest BCUT2D eigenvalue weighted by atomic mass is 9.84. The Morgan fingerprint density at radius 2 is 1.93 bits per heavy atom. The van der Waals surface area contributed by atoms with E-state index < -0.39 is 23.6 Å². The van der Waals surface area contributed by atoms with E-state index in [4.69, 9.17) is 0 Å². The Morgan fingerprint density at radius 1 is 1.19 bits per heavy atom. The van der Waals surface area contributed by atoms with Gasteiger partial charge in [-0.1, -0.05) is 12.8 Å². The highest BCUT2D eigenvalue weighted by molar-refractivity contribution is 5.98. The van der Waals surface area contributed by atoms with Gasteiger partial charge in [0.1, 0.15) is 17.7 Å². The molecule has 8 heteroatoms. The SMILES string of the molecule is CNCCNC(=O)C1CC2CCCCC2N1C(=O)c1ccc(F)cc1F.Cl. The van der Waals surface area contributed by atoms with Crippen LogP contribution in [0.2, 0.25) is 0 Å². The van der Waals surface area contributed by atoms with E-state index in [1.807, 2.05) is 0 Å². The van der Waals surface area contributed by atoms with E-state index >= 15 is 0 Å². The first kappa shape index (κ1) is 21.6. The molecule has 0 radical (unpaired) electrons. The minimum atomic E-state index is -0.886. The van der Waals surface area contributed by atoms with Crippen LogP contribution >= 0.6 is 12.4 Å². The van der Waals surface area contributed by atoms with Crippen LogP contribution in [0.5, 0.6) is 0 Å². The van der Waals surface area contributed by atoms with Crippen LogP contribution in [0.1, 0.15) is 42.5 Å². The van der Waals surface area contributed by atoms with Crippen LogP contribution < -0.4 is 10.6 Å². The molecule has 1 saturated carbocycles. The van der Waals surface area contributed by atoms with Crippen molar-refractivity contribution in [3.8, 4) is 0 Å². The number of nitrogens with one attached hydrogen (secondary N) is 2.